The molecule has 100 valence electrons. The molecule has 1 aromatic carbocycles. The Balaban J connectivity index is 1.69. The maximum Gasteiger partial charge on any atom is 0.0924 e. The maximum absolute atomic E-state index is 6.05. The van der Waals surface area contributed by atoms with E-state index in [-0.39, 0.29) is 0 Å². The minimum absolute atomic E-state index is 0.302. The number of aromatic nitrogens is 2. The first-order valence-corrected chi connectivity index (χ1v) is 6.80. The van der Waals surface area contributed by atoms with Crippen molar-refractivity contribution in [3.05, 3.63) is 42.1 Å². The number of nitrogens with zero attached hydrogens (tertiary/aromatic N) is 2. The van der Waals surface area contributed by atoms with E-state index in [0.29, 0.717) is 12.0 Å². The van der Waals surface area contributed by atoms with Gasteiger partial charge in [-0.15, -0.1) is 0 Å². The third kappa shape index (κ3) is 2.69. The van der Waals surface area contributed by atoms with Gasteiger partial charge in [-0.3, -0.25) is 10.00 Å². The lowest BCUT2D eigenvalue weighted by molar-refractivity contribution is 0.315. The average molecular weight is 256 g/mol. The minimum atomic E-state index is 0.302. The molecule has 2 unspecified atom stereocenters. The van der Waals surface area contributed by atoms with Gasteiger partial charge in [0.25, 0.3) is 0 Å². The van der Waals surface area contributed by atoms with Gasteiger partial charge in [-0.25, -0.2) is 0 Å². The SMILES string of the molecule is CC1CN(Cc2cc(-c3ccccc3)n[nH]2)CC1N. The van der Waals surface area contributed by atoms with Crippen LogP contribution in [0, 0.1) is 5.92 Å². The Hall–Kier alpha value is -1.65. The number of aromatic amines is 1. The largest absolute Gasteiger partial charge is 0.326 e. The molecule has 0 spiro atoms. The first-order chi connectivity index (χ1) is 9.22. The molecule has 3 rings (SSSR count). The van der Waals surface area contributed by atoms with Gasteiger partial charge in [-0.1, -0.05) is 37.3 Å². The molecule has 1 aromatic heterocycles. The van der Waals surface area contributed by atoms with Gasteiger partial charge in [0.1, 0.15) is 0 Å². The summed E-state index contributed by atoms with van der Waals surface area (Å²) in [6.45, 7) is 5.16. The van der Waals surface area contributed by atoms with Crippen molar-refractivity contribution >= 4 is 0 Å². The summed E-state index contributed by atoms with van der Waals surface area (Å²) in [4.78, 5) is 2.39. The molecule has 1 saturated heterocycles. The van der Waals surface area contributed by atoms with Crippen LogP contribution in [0.15, 0.2) is 36.4 Å². The number of nitrogens with two attached hydrogens (primary N) is 1. The normalized spacial score (nSPS) is 23.9. The lowest BCUT2D eigenvalue weighted by Gasteiger charge is -2.13. The molecule has 19 heavy (non-hydrogen) atoms. The molecule has 2 atom stereocenters. The topological polar surface area (TPSA) is 57.9 Å². The van der Waals surface area contributed by atoms with E-state index in [9.17, 15) is 0 Å². The predicted molar refractivity (Wildman–Crippen MR) is 76.4 cm³/mol. The van der Waals surface area contributed by atoms with E-state index in [2.05, 4.69) is 40.2 Å². The van der Waals surface area contributed by atoms with E-state index >= 15 is 0 Å². The van der Waals surface area contributed by atoms with Crippen molar-refractivity contribution in [1.82, 2.24) is 15.1 Å². The number of benzene rings is 1. The van der Waals surface area contributed by atoms with Crippen LogP contribution in [0.1, 0.15) is 12.6 Å². The fourth-order valence-electron chi connectivity index (χ4n) is 2.66. The monoisotopic (exact) mass is 256 g/mol. The van der Waals surface area contributed by atoms with Crippen molar-refractivity contribution in [2.75, 3.05) is 13.1 Å². The van der Waals surface area contributed by atoms with Crippen molar-refractivity contribution in [3.8, 4) is 11.3 Å². The van der Waals surface area contributed by atoms with Gasteiger partial charge in [0.05, 0.1) is 5.69 Å². The second-order valence-electron chi connectivity index (χ2n) is 5.48. The molecule has 0 saturated carbocycles. The number of hydrogen-bond donors (Lipinski definition) is 2. The first kappa shape index (κ1) is 12.4. The summed E-state index contributed by atoms with van der Waals surface area (Å²) in [5.41, 5.74) is 9.36. The first-order valence-electron chi connectivity index (χ1n) is 6.80. The molecule has 1 fully saturated rings. The minimum Gasteiger partial charge on any atom is -0.326 e. The molecule has 1 aliphatic rings. The van der Waals surface area contributed by atoms with E-state index < -0.39 is 0 Å². The predicted octanol–water partition coefficient (Wildman–Crippen LogP) is 1.86. The highest BCUT2D eigenvalue weighted by atomic mass is 15.2. The number of hydrogen-bond acceptors (Lipinski definition) is 3. The van der Waals surface area contributed by atoms with Crippen molar-refractivity contribution in [3.63, 3.8) is 0 Å². The fourth-order valence-corrected chi connectivity index (χ4v) is 2.66. The van der Waals surface area contributed by atoms with Crippen LogP contribution in [-0.4, -0.2) is 34.2 Å². The van der Waals surface area contributed by atoms with Gasteiger partial charge in [-0.2, -0.15) is 5.10 Å². The van der Waals surface area contributed by atoms with Crippen LogP contribution in [-0.2, 0) is 6.54 Å². The smallest absolute Gasteiger partial charge is 0.0924 e. The summed E-state index contributed by atoms with van der Waals surface area (Å²) in [6, 6.07) is 12.7. The van der Waals surface area contributed by atoms with E-state index in [0.717, 1.165) is 36.6 Å². The average Bonchev–Trinajstić information content (AvgIpc) is 2.99. The highest BCUT2D eigenvalue weighted by Crippen LogP contribution is 2.20. The Morgan fingerprint density at radius 3 is 2.79 bits per heavy atom. The highest BCUT2D eigenvalue weighted by molar-refractivity contribution is 5.58. The van der Waals surface area contributed by atoms with Crippen LogP contribution in [0.2, 0.25) is 0 Å². The third-order valence-electron chi connectivity index (χ3n) is 3.84. The molecular weight excluding hydrogens is 236 g/mol. The van der Waals surface area contributed by atoms with Crippen LogP contribution in [0.3, 0.4) is 0 Å². The summed E-state index contributed by atoms with van der Waals surface area (Å²) in [6.07, 6.45) is 0. The van der Waals surface area contributed by atoms with Crippen LogP contribution in [0.5, 0.6) is 0 Å². The summed E-state index contributed by atoms with van der Waals surface area (Å²) < 4.78 is 0. The van der Waals surface area contributed by atoms with Crippen molar-refractivity contribution in [1.29, 1.82) is 0 Å². The van der Waals surface area contributed by atoms with Gasteiger partial charge >= 0.3 is 0 Å². The molecule has 0 bridgehead atoms. The number of rotatable bonds is 3. The molecule has 0 amide bonds. The van der Waals surface area contributed by atoms with E-state index in [1.54, 1.807) is 0 Å². The van der Waals surface area contributed by atoms with Gasteiger partial charge in [0.15, 0.2) is 0 Å². The van der Waals surface area contributed by atoms with Crippen LogP contribution >= 0.6 is 0 Å². The summed E-state index contributed by atoms with van der Waals surface area (Å²) in [5.74, 6) is 0.580. The molecule has 1 aliphatic heterocycles. The second-order valence-corrected chi connectivity index (χ2v) is 5.48. The van der Waals surface area contributed by atoms with Crippen molar-refractivity contribution in [2.45, 2.75) is 19.5 Å². The van der Waals surface area contributed by atoms with Gasteiger partial charge in [0.2, 0.25) is 0 Å². The van der Waals surface area contributed by atoms with E-state index in [1.807, 2.05) is 18.2 Å². The summed E-state index contributed by atoms with van der Waals surface area (Å²) >= 11 is 0. The summed E-state index contributed by atoms with van der Waals surface area (Å²) in [5, 5.41) is 7.51. The Labute approximate surface area is 113 Å². The lowest BCUT2D eigenvalue weighted by atomic mass is 10.1. The zero-order valence-electron chi connectivity index (χ0n) is 11.2. The molecule has 0 aliphatic carbocycles. The Morgan fingerprint density at radius 2 is 2.11 bits per heavy atom. The van der Waals surface area contributed by atoms with Crippen LogP contribution in [0.25, 0.3) is 11.3 Å². The Morgan fingerprint density at radius 1 is 1.32 bits per heavy atom. The zero-order chi connectivity index (χ0) is 13.2. The van der Waals surface area contributed by atoms with Gasteiger partial charge in [-0.05, 0) is 12.0 Å². The molecule has 0 radical (unpaired) electrons. The third-order valence-corrected chi connectivity index (χ3v) is 3.84. The van der Waals surface area contributed by atoms with Gasteiger partial charge in [0, 0.05) is 36.9 Å². The maximum atomic E-state index is 6.05. The summed E-state index contributed by atoms with van der Waals surface area (Å²) in [7, 11) is 0. The molecular formula is C15H20N4. The number of likely N-dealkylation sites (tertiary alicyclic amines) is 1. The lowest BCUT2D eigenvalue weighted by Crippen LogP contribution is -2.28. The number of H-pyrrole nitrogens is 1. The zero-order valence-corrected chi connectivity index (χ0v) is 11.2. The van der Waals surface area contributed by atoms with Crippen molar-refractivity contribution in [2.24, 2.45) is 11.7 Å². The van der Waals surface area contributed by atoms with E-state index in [1.165, 1.54) is 0 Å². The second kappa shape index (κ2) is 5.15. The molecule has 4 heteroatoms. The highest BCUT2D eigenvalue weighted by Gasteiger charge is 2.26. The standard InChI is InChI=1S/C15H20N4/c1-11-8-19(10-14(11)16)9-13-7-15(18-17-13)12-5-3-2-4-6-12/h2-7,11,14H,8-10,16H2,1H3,(H,17,18). The van der Waals surface area contributed by atoms with Crippen LogP contribution < -0.4 is 5.73 Å². The van der Waals surface area contributed by atoms with Gasteiger partial charge < -0.3 is 5.73 Å². The quantitative estimate of drug-likeness (QED) is 0.881. The molecule has 2 heterocycles. The Kier molecular flexibility index (Phi) is 3.36. The number of nitrogens with one attached hydrogen (secondary N) is 1. The molecule has 3 N–H and O–H groups in total. The molecule has 2 aromatic rings. The van der Waals surface area contributed by atoms with E-state index in [4.69, 9.17) is 5.73 Å². The Bertz CT molecular complexity index is 524. The van der Waals surface area contributed by atoms with Crippen LogP contribution in [0.4, 0.5) is 0 Å². The van der Waals surface area contributed by atoms with Crippen molar-refractivity contribution < 1.29 is 0 Å². The molecule has 4 nitrogen and oxygen atoms in total. The fraction of sp³-hybridized carbons (Fsp3) is 0.400.